The van der Waals surface area contributed by atoms with E-state index in [0.29, 0.717) is 46.0 Å². The van der Waals surface area contributed by atoms with Crippen molar-refractivity contribution >= 4 is 28.8 Å². The van der Waals surface area contributed by atoms with Gasteiger partial charge < -0.3 is 18.6 Å². The molecule has 5 aromatic rings. The quantitative estimate of drug-likeness (QED) is 0.132. The van der Waals surface area contributed by atoms with E-state index in [1.165, 1.54) is 0 Å². The molecule has 0 N–H and O–H groups in total. The molecule has 6 heteroatoms. The van der Waals surface area contributed by atoms with Crippen LogP contribution in [0.4, 0.5) is 0 Å². The minimum Gasteiger partial charge on any atom is -0.489 e. The number of esters is 1. The highest BCUT2D eigenvalue weighted by Crippen LogP contribution is 2.36. The predicted molar refractivity (Wildman–Crippen MR) is 147 cm³/mol. The van der Waals surface area contributed by atoms with Gasteiger partial charge >= 0.3 is 5.97 Å². The number of carbonyl (C=O) groups excluding carboxylic acids is 2. The lowest BCUT2D eigenvalue weighted by molar-refractivity contribution is 0.0734. The lowest BCUT2D eigenvalue weighted by Crippen LogP contribution is -2.09. The van der Waals surface area contributed by atoms with Crippen molar-refractivity contribution in [3.8, 4) is 17.2 Å². The summed E-state index contributed by atoms with van der Waals surface area (Å²) in [7, 11) is 0. The fourth-order valence-electron chi connectivity index (χ4n) is 4.49. The van der Waals surface area contributed by atoms with E-state index in [1.807, 2.05) is 61.5 Å². The molecule has 0 spiro atoms. The summed E-state index contributed by atoms with van der Waals surface area (Å²) >= 11 is 0. The lowest BCUT2D eigenvalue weighted by Gasteiger charge is -2.07. The summed E-state index contributed by atoms with van der Waals surface area (Å²) < 4.78 is 23.3. The molecule has 0 unspecified atom stereocenters. The third-order valence-corrected chi connectivity index (χ3v) is 6.51. The van der Waals surface area contributed by atoms with Crippen LogP contribution in [0.15, 0.2) is 101 Å². The molecular formula is C33H24O6. The van der Waals surface area contributed by atoms with Gasteiger partial charge in [0.1, 0.15) is 40.8 Å². The SMILES string of the molecule is Cc1ccc(/C=C2\Oc3cc(OC(=O)c4c(C)oc5ccc(OCc6ccccc6)cc45)ccc3C2=O)cc1. The highest BCUT2D eigenvalue weighted by molar-refractivity contribution is 6.14. The maximum atomic E-state index is 13.3. The van der Waals surface area contributed by atoms with Crippen molar-refractivity contribution in [3.63, 3.8) is 0 Å². The zero-order valence-corrected chi connectivity index (χ0v) is 21.4. The molecule has 0 aliphatic carbocycles. The van der Waals surface area contributed by atoms with Gasteiger partial charge in [-0.1, -0.05) is 60.2 Å². The summed E-state index contributed by atoms with van der Waals surface area (Å²) in [5, 5.41) is 0.596. The monoisotopic (exact) mass is 516 g/mol. The summed E-state index contributed by atoms with van der Waals surface area (Å²) in [6, 6.07) is 27.7. The van der Waals surface area contributed by atoms with E-state index in [1.54, 1.807) is 49.4 Å². The highest BCUT2D eigenvalue weighted by atomic mass is 16.5. The summed E-state index contributed by atoms with van der Waals surface area (Å²) in [6.45, 7) is 4.12. The van der Waals surface area contributed by atoms with Crippen LogP contribution in [0.2, 0.25) is 0 Å². The number of ether oxygens (including phenoxy) is 3. The Hall–Kier alpha value is -5.10. The fraction of sp³-hybridized carbons (Fsp3) is 0.0909. The standard InChI is InChI=1S/C33H24O6/c1-20-8-10-22(11-9-20)16-30-32(34)26-14-12-25(18-29(26)39-30)38-33(35)31-21(2)37-28-15-13-24(17-27(28)31)36-19-23-6-4-3-5-7-23/h3-18H,19H2,1-2H3/b30-16-. The van der Waals surface area contributed by atoms with Gasteiger partial charge in [0.15, 0.2) is 5.76 Å². The van der Waals surface area contributed by atoms with Crippen LogP contribution in [0.1, 0.15) is 43.2 Å². The minimum atomic E-state index is -0.578. The third-order valence-electron chi connectivity index (χ3n) is 6.51. The largest absolute Gasteiger partial charge is 0.489 e. The number of fused-ring (bicyclic) bond motifs is 2. The number of ketones is 1. The average Bonchev–Trinajstić information content (AvgIpc) is 3.43. The molecule has 39 heavy (non-hydrogen) atoms. The molecule has 2 heterocycles. The van der Waals surface area contributed by atoms with E-state index in [0.717, 1.165) is 16.7 Å². The van der Waals surface area contributed by atoms with Crippen molar-refractivity contribution in [2.75, 3.05) is 0 Å². The summed E-state index contributed by atoms with van der Waals surface area (Å²) in [5.41, 5.74) is 4.31. The number of Topliss-reactive ketones (excluding diaryl/α,β-unsaturated/α-hetero) is 1. The van der Waals surface area contributed by atoms with Gasteiger partial charge in [-0.25, -0.2) is 4.79 Å². The number of hydrogen-bond donors (Lipinski definition) is 0. The van der Waals surface area contributed by atoms with Gasteiger partial charge in [0.05, 0.1) is 5.56 Å². The number of carbonyl (C=O) groups is 2. The summed E-state index contributed by atoms with van der Waals surface area (Å²) in [4.78, 5) is 26.1. The second kappa shape index (κ2) is 9.99. The Morgan fingerprint density at radius 2 is 1.64 bits per heavy atom. The maximum absolute atomic E-state index is 13.3. The van der Waals surface area contributed by atoms with Gasteiger partial charge in [-0.15, -0.1) is 0 Å². The molecule has 1 aliphatic heterocycles. The zero-order valence-electron chi connectivity index (χ0n) is 21.4. The Morgan fingerprint density at radius 1 is 0.872 bits per heavy atom. The molecule has 0 saturated carbocycles. The normalized spacial score (nSPS) is 13.4. The molecule has 6 rings (SSSR count). The first-order chi connectivity index (χ1) is 18.9. The van der Waals surface area contributed by atoms with E-state index in [-0.39, 0.29) is 17.3 Å². The van der Waals surface area contributed by atoms with Gasteiger partial charge in [-0.05, 0) is 61.4 Å². The van der Waals surface area contributed by atoms with Crippen LogP contribution in [-0.4, -0.2) is 11.8 Å². The number of aryl methyl sites for hydroxylation is 2. The minimum absolute atomic E-state index is 0.219. The molecule has 0 bridgehead atoms. The lowest BCUT2D eigenvalue weighted by atomic mass is 10.1. The van der Waals surface area contributed by atoms with Crippen LogP contribution in [0.25, 0.3) is 17.0 Å². The van der Waals surface area contributed by atoms with Crippen molar-refractivity contribution in [1.82, 2.24) is 0 Å². The molecule has 6 nitrogen and oxygen atoms in total. The molecule has 0 atom stereocenters. The molecule has 0 amide bonds. The number of rotatable bonds is 6. The van der Waals surface area contributed by atoms with Crippen molar-refractivity contribution in [2.45, 2.75) is 20.5 Å². The van der Waals surface area contributed by atoms with Crippen LogP contribution < -0.4 is 14.2 Å². The van der Waals surface area contributed by atoms with Crippen molar-refractivity contribution in [2.24, 2.45) is 0 Å². The van der Waals surface area contributed by atoms with E-state index >= 15 is 0 Å². The van der Waals surface area contributed by atoms with E-state index in [9.17, 15) is 9.59 Å². The number of benzene rings is 4. The Kier molecular flexibility index (Phi) is 6.21. The topological polar surface area (TPSA) is 75.0 Å². The van der Waals surface area contributed by atoms with Crippen LogP contribution >= 0.6 is 0 Å². The molecule has 1 aliphatic rings. The Balaban J connectivity index is 1.21. The average molecular weight is 517 g/mol. The number of allylic oxidation sites excluding steroid dienone is 1. The van der Waals surface area contributed by atoms with Crippen LogP contribution in [-0.2, 0) is 6.61 Å². The molecule has 4 aromatic carbocycles. The summed E-state index contributed by atoms with van der Waals surface area (Å²) in [6.07, 6.45) is 1.70. The van der Waals surface area contributed by atoms with Crippen LogP contribution in [0.5, 0.6) is 17.2 Å². The van der Waals surface area contributed by atoms with E-state index in [4.69, 9.17) is 18.6 Å². The van der Waals surface area contributed by atoms with Gasteiger partial charge in [-0.2, -0.15) is 0 Å². The Labute approximate surface area is 225 Å². The highest BCUT2D eigenvalue weighted by Gasteiger charge is 2.28. The van der Waals surface area contributed by atoms with E-state index < -0.39 is 5.97 Å². The first-order valence-corrected chi connectivity index (χ1v) is 12.5. The molecule has 0 saturated heterocycles. The van der Waals surface area contributed by atoms with Gasteiger partial charge in [0, 0.05) is 11.5 Å². The molecule has 192 valence electrons. The van der Waals surface area contributed by atoms with Gasteiger partial charge in [0.25, 0.3) is 0 Å². The number of furan rings is 1. The summed E-state index contributed by atoms with van der Waals surface area (Å²) in [5.74, 6) is 1.07. The predicted octanol–water partition coefficient (Wildman–Crippen LogP) is 7.46. The molecular weight excluding hydrogens is 492 g/mol. The molecule has 0 radical (unpaired) electrons. The maximum Gasteiger partial charge on any atom is 0.347 e. The van der Waals surface area contributed by atoms with Crippen LogP contribution in [0.3, 0.4) is 0 Å². The Bertz CT molecular complexity index is 1740. The van der Waals surface area contributed by atoms with Crippen molar-refractivity contribution in [3.05, 3.63) is 130 Å². The van der Waals surface area contributed by atoms with Crippen molar-refractivity contribution < 1.29 is 28.2 Å². The second-order valence-corrected chi connectivity index (χ2v) is 9.36. The zero-order chi connectivity index (χ0) is 26.9. The molecule has 1 aromatic heterocycles. The smallest absolute Gasteiger partial charge is 0.347 e. The van der Waals surface area contributed by atoms with E-state index in [2.05, 4.69) is 0 Å². The number of hydrogen-bond acceptors (Lipinski definition) is 6. The van der Waals surface area contributed by atoms with Crippen molar-refractivity contribution in [1.29, 1.82) is 0 Å². The second-order valence-electron chi connectivity index (χ2n) is 9.36. The first-order valence-electron chi connectivity index (χ1n) is 12.5. The van der Waals surface area contributed by atoms with Gasteiger partial charge in [0.2, 0.25) is 5.78 Å². The molecule has 0 fully saturated rings. The van der Waals surface area contributed by atoms with Crippen LogP contribution in [0, 0.1) is 13.8 Å². The first kappa shape index (κ1) is 24.2. The van der Waals surface area contributed by atoms with Gasteiger partial charge in [-0.3, -0.25) is 4.79 Å². The third kappa shape index (κ3) is 4.92. The Morgan fingerprint density at radius 3 is 2.44 bits per heavy atom. The fourth-order valence-corrected chi connectivity index (χ4v) is 4.49.